The molecule has 0 saturated carbocycles. The summed E-state index contributed by atoms with van der Waals surface area (Å²) >= 11 is 0. The van der Waals surface area contributed by atoms with Gasteiger partial charge in [-0.3, -0.25) is 4.79 Å². The number of carbonyl (C=O) groups is 1. The fraction of sp³-hybridized carbons (Fsp3) is 0.111. The first-order valence-electron chi connectivity index (χ1n) is 7.24. The van der Waals surface area contributed by atoms with Gasteiger partial charge in [-0.05, 0) is 43.3 Å². The number of amides is 1. The monoisotopic (exact) mass is 306 g/mol. The van der Waals surface area contributed by atoms with Crippen LogP contribution in [0.3, 0.4) is 0 Å². The second kappa shape index (κ2) is 7.66. The molecule has 0 aromatic heterocycles. The van der Waals surface area contributed by atoms with Gasteiger partial charge in [-0.2, -0.15) is 5.26 Å². The lowest BCUT2D eigenvalue weighted by Crippen LogP contribution is -2.20. The predicted octanol–water partition coefficient (Wildman–Crippen LogP) is 3.14. The number of nitrogens with two attached hydrogens (primary N) is 1. The molecule has 2 rings (SSSR count). The Labute approximate surface area is 135 Å². The smallest absolute Gasteiger partial charge is 0.267 e. The number of nitriles is 1. The van der Waals surface area contributed by atoms with E-state index in [-0.39, 0.29) is 5.57 Å². The van der Waals surface area contributed by atoms with E-state index in [4.69, 9.17) is 5.73 Å². The minimum Gasteiger partial charge on any atom is -0.399 e. The van der Waals surface area contributed by atoms with Crippen molar-refractivity contribution >= 4 is 23.0 Å². The lowest BCUT2D eigenvalue weighted by atomic mass is 10.2. The Balaban J connectivity index is 2.18. The number of nitrogen functional groups attached to an aromatic ring is 1. The van der Waals surface area contributed by atoms with E-state index in [1.807, 2.05) is 48.2 Å². The quantitative estimate of drug-likeness (QED) is 0.505. The van der Waals surface area contributed by atoms with E-state index in [2.05, 4.69) is 5.32 Å². The number of nitrogens with zero attached hydrogens (tertiary/aromatic N) is 2. The number of benzene rings is 2. The van der Waals surface area contributed by atoms with Crippen molar-refractivity contribution in [3.8, 4) is 6.07 Å². The molecule has 23 heavy (non-hydrogen) atoms. The Morgan fingerprint density at radius 2 is 1.87 bits per heavy atom. The van der Waals surface area contributed by atoms with Crippen LogP contribution in [-0.4, -0.2) is 12.5 Å². The molecule has 0 heterocycles. The maximum atomic E-state index is 12.3. The first-order chi connectivity index (χ1) is 11.1. The molecule has 0 fully saturated rings. The molecule has 0 atom stereocenters. The van der Waals surface area contributed by atoms with Gasteiger partial charge in [0.2, 0.25) is 0 Å². The third-order valence-electron chi connectivity index (χ3n) is 3.25. The van der Waals surface area contributed by atoms with Gasteiger partial charge in [0.1, 0.15) is 11.6 Å². The van der Waals surface area contributed by atoms with Crippen LogP contribution in [0, 0.1) is 11.3 Å². The summed E-state index contributed by atoms with van der Waals surface area (Å²) < 4.78 is 0. The van der Waals surface area contributed by atoms with Gasteiger partial charge in [-0.15, -0.1) is 0 Å². The third-order valence-corrected chi connectivity index (χ3v) is 3.25. The predicted molar refractivity (Wildman–Crippen MR) is 92.6 cm³/mol. The average molecular weight is 306 g/mol. The third kappa shape index (κ3) is 4.35. The van der Waals surface area contributed by atoms with Gasteiger partial charge >= 0.3 is 0 Å². The van der Waals surface area contributed by atoms with Crippen LogP contribution in [0.5, 0.6) is 0 Å². The summed E-state index contributed by atoms with van der Waals surface area (Å²) in [6.45, 7) is 2.60. The van der Waals surface area contributed by atoms with Gasteiger partial charge in [0.05, 0.1) is 0 Å². The lowest BCUT2D eigenvalue weighted by molar-refractivity contribution is -0.112. The first kappa shape index (κ1) is 16.1. The Bertz CT molecular complexity index is 730. The molecule has 3 N–H and O–H groups in total. The molecular weight excluding hydrogens is 288 g/mol. The number of hydrogen-bond donors (Lipinski definition) is 2. The van der Waals surface area contributed by atoms with E-state index in [9.17, 15) is 10.1 Å². The van der Waals surface area contributed by atoms with Crippen LogP contribution in [0.2, 0.25) is 0 Å². The zero-order valence-corrected chi connectivity index (χ0v) is 12.9. The van der Waals surface area contributed by atoms with Crippen LogP contribution < -0.4 is 16.0 Å². The van der Waals surface area contributed by atoms with Crippen molar-refractivity contribution in [2.45, 2.75) is 6.92 Å². The molecule has 5 nitrogen and oxygen atoms in total. The van der Waals surface area contributed by atoms with Crippen LogP contribution in [0.25, 0.3) is 0 Å². The van der Waals surface area contributed by atoms with E-state index in [0.717, 1.165) is 5.69 Å². The van der Waals surface area contributed by atoms with Crippen molar-refractivity contribution in [3.63, 3.8) is 0 Å². The molecule has 0 unspecified atom stereocenters. The molecule has 5 heteroatoms. The maximum Gasteiger partial charge on any atom is 0.267 e. The number of nitrogens with one attached hydrogen (secondary N) is 1. The molecule has 0 aliphatic rings. The van der Waals surface area contributed by atoms with Gasteiger partial charge in [0, 0.05) is 29.8 Å². The molecular formula is C18H18N4O. The molecule has 2 aromatic rings. The normalized spacial score (nSPS) is 10.7. The summed E-state index contributed by atoms with van der Waals surface area (Å²) in [7, 11) is 0. The Kier molecular flexibility index (Phi) is 5.37. The second-order valence-electron chi connectivity index (χ2n) is 4.85. The van der Waals surface area contributed by atoms with E-state index in [0.29, 0.717) is 17.9 Å². The van der Waals surface area contributed by atoms with Gasteiger partial charge in [-0.1, -0.05) is 18.2 Å². The SMILES string of the molecule is CCN(/C=C(/C#N)C(=O)Nc1ccc(N)cc1)c1ccccc1. The van der Waals surface area contributed by atoms with Crippen LogP contribution in [0.4, 0.5) is 17.1 Å². The fourth-order valence-electron chi connectivity index (χ4n) is 2.03. The molecule has 0 spiro atoms. The van der Waals surface area contributed by atoms with E-state index in [1.54, 1.807) is 30.5 Å². The Morgan fingerprint density at radius 3 is 2.43 bits per heavy atom. The van der Waals surface area contributed by atoms with E-state index < -0.39 is 5.91 Å². The zero-order chi connectivity index (χ0) is 16.7. The molecule has 1 amide bonds. The standard InChI is InChI=1S/C18H18N4O/c1-2-22(17-6-4-3-5-7-17)13-14(12-19)18(23)21-16-10-8-15(20)9-11-16/h3-11,13H,2,20H2,1H3,(H,21,23)/b14-13-. The summed E-state index contributed by atoms with van der Waals surface area (Å²) in [5.41, 5.74) is 7.77. The Morgan fingerprint density at radius 1 is 1.22 bits per heavy atom. The minimum absolute atomic E-state index is 0.0347. The minimum atomic E-state index is -0.452. The number of hydrogen-bond acceptors (Lipinski definition) is 4. The highest BCUT2D eigenvalue weighted by Gasteiger charge is 2.12. The molecule has 0 bridgehead atoms. The van der Waals surface area contributed by atoms with Crippen LogP contribution in [0.1, 0.15) is 6.92 Å². The van der Waals surface area contributed by atoms with Crippen LogP contribution in [-0.2, 0) is 4.79 Å². The summed E-state index contributed by atoms with van der Waals surface area (Å²) in [5.74, 6) is -0.452. The number of rotatable bonds is 5. The van der Waals surface area contributed by atoms with Crippen molar-refractivity contribution in [2.75, 3.05) is 22.5 Å². The van der Waals surface area contributed by atoms with E-state index in [1.165, 1.54) is 0 Å². The van der Waals surface area contributed by atoms with Gasteiger partial charge in [0.25, 0.3) is 5.91 Å². The van der Waals surface area contributed by atoms with Gasteiger partial charge in [-0.25, -0.2) is 0 Å². The molecule has 116 valence electrons. The molecule has 2 aromatic carbocycles. The Hall–Kier alpha value is -3.26. The maximum absolute atomic E-state index is 12.3. The molecule has 0 saturated heterocycles. The lowest BCUT2D eigenvalue weighted by Gasteiger charge is -2.18. The summed E-state index contributed by atoms with van der Waals surface area (Å²) in [5, 5.41) is 12.0. The molecule has 0 aliphatic heterocycles. The van der Waals surface area contributed by atoms with Crippen molar-refractivity contribution in [1.29, 1.82) is 5.26 Å². The second-order valence-corrected chi connectivity index (χ2v) is 4.85. The highest BCUT2D eigenvalue weighted by atomic mass is 16.1. The van der Waals surface area contributed by atoms with Crippen molar-refractivity contribution in [3.05, 3.63) is 66.4 Å². The van der Waals surface area contributed by atoms with Crippen LogP contribution >= 0.6 is 0 Å². The van der Waals surface area contributed by atoms with Crippen LogP contribution in [0.15, 0.2) is 66.4 Å². The van der Waals surface area contributed by atoms with Crippen molar-refractivity contribution in [1.82, 2.24) is 0 Å². The highest BCUT2D eigenvalue weighted by molar-refractivity contribution is 6.06. The summed E-state index contributed by atoms with van der Waals surface area (Å²) in [6.07, 6.45) is 1.56. The number of carbonyl (C=O) groups excluding carboxylic acids is 1. The number of anilines is 3. The largest absolute Gasteiger partial charge is 0.399 e. The van der Waals surface area contributed by atoms with Crippen molar-refractivity contribution in [2.24, 2.45) is 0 Å². The molecule has 0 radical (unpaired) electrons. The summed E-state index contributed by atoms with van der Waals surface area (Å²) in [6, 6.07) is 18.3. The van der Waals surface area contributed by atoms with Gasteiger partial charge in [0.15, 0.2) is 0 Å². The number of para-hydroxylation sites is 1. The molecule has 0 aliphatic carbocycles. The first-order valence-corrected chi connectivity index (χ1v) is 7.24. The average Bonchev–Trinajstić information content (AvgIpc) is 2.58. The fourth-order valence-corrected chi connectivity index (χ4v) is 2.03. The summed E-state index contributed by atoms with van der Waals surface area (Å²) in [4.78, 5) is 14.1. The van der Waals surface area contributed by atoms with Crippen molar-refractivity contribution < 1.29 is 4.79 Å². The van der Waals surface area contributed by atoms with Gasteiger partial charge < -0.3 is 16.0 Å². The zero-order valence-electron chi connectivity index (χ0n) is 12.9. The highest BCUT2D eigenvalue weighted by Crippen LogP contribution is 2.16. The topological polar surface area (TPSA) is 82.2 Å². The van der Waals surface area contributed by atoms with E-state index >= 15 is 0 Å².